The number of rotatable bonds is 3. The topological polar surface area (TPSA) is 50.3 Å². The van der Waals surface area contributed by atoms with E-state index in [1.165, 1.54) is 24.4 Å². The molecule has 0 N–H and O–H groups in total. The lowest BCUT2D eigenvalue weighted by Gasteiger charge is -2.34. The molecule has 0 bridgehead atoms. The van der Waals surface area contributed by atoms with E-state index in [1.807, 2.05) is 4.90 Å². The molecule has 1 fully saturated rings. The Kier molecular flexibility index (Phi) is 5.02. The first-order valence-electron chi connectivity index (χ1n) is 9.21. The average molecular weight is 419 g/mol. The quantitative estimate of drug-likeness (QED) is 0.594. The van der Waals surface area contributed by atoms with E-state index >= 15 is 0 Å². The maximum Gasteiger partial charge on any atom is 0.210 e. The van der Waals surface area contributed by atoms with Gasteiger partial charge in [0.15, 0.2) is 0 Å². The summed E-state index contributed by atoms with van der Waals surface area (Å²) in [5.41, 5.74) is 0.720. The molecule has 0 saturated carbocycles. The van der Waals surface area contributed by atoms with Crippen molar-refractivity contribution >= 4 is 38.0 Å². The van der Waals surface area contributed by atoms with Crippen LogP contribution in [0, 0.1) is 11.7 Å². The third-order valence-corrected chi connectivity index (χ3v) is 7.32. The maximum atomic E-state index is 14.3. The van der Waals surface area contributed by atoms with E-state index in [1.54, 1.807) is 24.3 Å². The van der Waals surface area contributed by atoms with Gasteiger partial charge in [0.25, 0.3) is 0 Å². The van der Waals surface area contributed by atoms with Crippen molar-refractivity contribution in [3.05, 3.63) is 59.5 Å². The summed E-state index contributed by atoms with van der Waals surface area (Å²) < 4.78 is 41.1. The van der Waals surface area contributed by atoms with Crippen LogP contribution in [0.15, 0.2) is 58.5 Å². The van der Waals surface area contributed by atoms with E-state index in [-0.39, 0.29) is 15.3 Å². The van der Waals surface area contributed by atoms with Crippen LogP contribution in [0.4, 0.5) is 10.1 Å². The molecule has 7 heteroatoms. The van der Waals surface area contributed by atoms with E-state index < -0.39 is 15.7 Å². The Balaban J connectivity index is 1.95. The highest BCUT2D eigenvalue weighted by Gasteiger charge is 2.29. The zero-order valence-corrected chi connectivity index (χ0v) is 17.0. The normalized spacial score (nSPS) is 15.9. The van der Waals surface area contributed by atoms with Gasteiger partial charge in [0.1, 0.15) is 16.2 Å². The molecule has 0 aliphatic carbocycles. The number of aromatic nitrogens is 1. The number of hydrogen-bond donors (Lipinski definition) is 0. The molecule has 3 aromatic rings. The summed E-state index contributed by atoms with van der Waals surface area (Å²) in [7, 11) is -3.84. The molecule has 1 saturated heterocycles. The number of hydrogen-bond acceptors (Lipinski definition) is 4. The van der Waals surface area contributed by atoms with Crippen LogP contribution >= 0.6 is 11.6 Å². The fourth-order valence-electron chi connectivity index (χ4n) is 3.65. The number of piperidine rings is 1. The molecule has 0 spiro atoms. The highest BCUT2D eigenvalue weighted by atomic mass is 35.5. The summed E-state index contributed by atoms with van der Waals surface area (Å²) in [5.74, 6) is 0.122. The van der Waals surface area contributed by atoms with E-state index in [9.17, 15) is 12.8 Å². The summed E-state index contributed by atoms with van der Waals surface area (Å²) >= 11 is 5.91. The summed E-state index contributed by atoms with van der Waals surface area (Å²) in [4.78, 5) is 6.44. The van der Waals surface area contributed by atoms with Gasteiger partial charge in [-0.3, -0.25) is 4.98 Å². The van der Waals surface area contributed by atoms with Gasteiger partial charge >= 0.3 is 0 Å². The summed E-state index contributed by atoms with van der Waals surface area (Å²) in [6.07, 6.45) is 3.20. The van der Waals surface area contributed by atoms with Crippen molar-refractivity contribution in [2.24, 2.45) is 5.92 Å². The minimum Gasteiger partial charge on any atom is -0.370 e. The molecule has 4 rings (SSSR count). The predicted molar refractivity (Wildman–Crippen MR) is 109 cm³/mol. The van der Waals surface area contributed by atoms with Gasteiger partial charge < -0.3 is 4.90 Å². The molecular weight excluding hydrogens is 399 g/mol. The molecular formula is C21H20ClFN2O2S. The monoisotopic (exact) mass is 418 g/mol. The van der Waals surface area contributed by atoms with E-state index in [0.717, 1.165) is 25.9 Å². The van der Waals surface area contributed by atoms with Gasteiger partial charge in [0.05, 0.1) is 10.6 Å². The molecule has 1 aromatic heterocycles. The fraction of sp³-hybridized carbons (Fsp3) is 0.286. The van der Waals surface area contributed by atoms with E-state index in [4.69, 9.17) is 11.6 Å². The number of sulfone groups is 1. The Hall–Kier alpha value is -2.18. The van der Waals surface area contributed by atoms with Crippen molar-refractivity contribution in [2.45, 2.75) is 29.6 Å². The van der Waals surface area contributed by atoms with Crippen LogP contribution in [0.2, 0.25) is 5.02 Å². The summed E-state index contributed by atoms with van der Waals surface area (Å²) in [5, 5.41) is 0.979. The van der Waals surface area contributed by atoms with Crippen LogP contribution in [-0.2, 0) is 9.84 Å². The van der Waals surface area contributed by atoms with Crippen LogP contribution < -0.4 is 4.90 Å². The van der Waals surface area contributed by atoms with Crippen molar-refractivity contribution in [3.63, 3.8) is 0 Å². The second kappa shape index (κ2) is 7.33. The Morgan fingerprint density at radius 3 is 2.46 bits per heavy atom. The predicted octanol–water partition coefficient (Wildman–Crippen LogP) is 5.10. The van der Waals surface area contributed by atoms with Crippen LogP contribution in [0.3, 0.4) is 0 Å². The first-order chi connectivity index (χ1) is 13.4. The van der Waals surface area contributed by atoms with Gasteiger partial charge in [-0.1, -0.05) is 30.7 Å². The molecule has 0 unspecified atom stereocenters. The van der Waals surface area contributed by atoms with Gasteiger partial charge in [-0.2, -0.15) is 0 Å². The number of anilines is 1. The van der Waals surface area contributed by atoms with Crippen molar-refractivity contribution in [3.8, 4) is 0 Å². The van der Waals surface area contributed by atoms with Gasteiger partial charge in [-0.25, -0.2) is 12.8 Å². The Morgan fingerprint density at radius 1 is 1.11 bits per heavy atom. The average Bonchev–Trinajstić information content (AvgIpc) is 2.68. The van der Waals surface area contributed by atoms with Crippen molar-refractivity contribution in [1.82, 2.24) is 4.98 Å². The van der Waals surface area contributed by atoms with Gasteiger partial charge in [-0.05, 0) is 49.1 Å². The Morgan fingerprint density at radius 2 is 1.79 bits per heavy atom. The summed E-state index contributed by atoms with van der Waals surface area (Å²) in [6.45, 7) is 3.63. The Bertz CT molecular complexity index is 1130. The molecule has 1 aliphatic heterocycles. The fourth-order valence-corrected chi connectivity index (χ4v) is 5.21. The van der Waals surface area contributed by atoms with E-state index in [0.29, 0.717) is 22.0 Å². The molecule has 4 nitrogen and oxygen atoms in total. The third-order valence-electron chi connectivity index (χ3n) is 5.30. The maximum absolute atomic E-state index is 14.3. The summed E-state index contributed by atoms with van der Waals surface area (Å²) in [6, 6.07) is 10.7. The highest BCUT2D eigenvalue weighted by Crippen LogP contribution is 2.38. The lowest BCUT2D eigenvalue weighted by Crippen LogP contribution is -2.34. The van der Waals surface area contributed by atoms with Crippen molar-refractivity contribution in [2.75, 3.05) is 18.0 Å². The molecule has 28 heavy (non-hydrogen) atoms. The standard InChI is InChI=1S/C21H20ClFN2O2S/c1-14-9-11-25(12-10-14)21-17-3-2-4-18(23)20(17)24-13-19(21)28(26,27)16-7-5-15(22)6-8-16/h2-8,13-14H,9-12H2,1H3. The highest BCUT2D eigenvalue weighted by molar-refractivity contribution is 7.91. The number of fused-ring (bicyclic) bond motifs is 1. The van der Waals surface area contributed by atoms with Crippen molar-refractivity contribution in [1.29, 1.82) is 0 Å². The van der Waals surface area contributed by atoms with Gasteiger partial charge in [-0.15, -0.1) is 0 Å². The van der Waals surface area contributed by atoms with E-state index in [2.05, 4.69) is 11.9 Å². The Labute approximate surface area is 168 Å². The van der Waals surface area contributed by atoms with Crippen LogP contribution in [0.25, 0.3) is 10.9 Å². The first kappa shape index (κ1) is 19.2. The van der Waals surface area contributed by atoms with Crippen molar-refractivity contribution < 1.29 is 12.8 Å². The minimum atomic E-state index is -3.84. The molecule has 0 atom stereocenters. The van der Waals surface area contributed by atoms with Crippen LogP contribution in [0.1, 0.15) is 19.8 Å². The lowest BCUT2D eigenvalue weighted by molar-refractivity contribution is 0.437. The van der Waals surface area contributed by atoms with Crippen LogP contribution in [-0.4, -0.2) is 26.5 Å². The van der Waals surface area contributed by atoms with Gasteiger partial charge in [0, 0.05) is 29.7 Å². The van der Waals surface area contributed by atoms with Crippen LogP contribution in [0.5, 0.6) is 0 Å². The smallest absolute Gasteiger partial charge is 0.210 e. The third kappa shape index (κ3) is 3.35. The number of nitrogens with zero attached hydrogens (tertiary/aromatic N) is 2. The number of halogens is 2. The SMILES string of the molecule is CC1CCN(c2c(S(=O)(=O)c3ccc(Cl)cc3)cnc3c(F)cccc23)CC1. The molecule has 0 amide bonds. The lowest BCUT2D eigenvalue weighted by atomic mass is 9.98. The number of para-hydroxylation sites is 1. The number of benzene rings is 2. The molecule has 146 valence electrons. The molecule has 0 radical (unpaired) electrons. The minimum absolute atomic E-state index is 0.0995. The second-order valence-corrected chi connectivity index (χ2v) is 9.59. The zero-order valence-electron chi connectivity index (χ0n) is 15.4. The second-order valence-electron chi connectivity index (χ2n) is 7.23. The first-order valence-corrected chi connectivity index (χ1v) is 11.1. The largest absolute Gasteiger partial charge is 0.370 e. The van der Waals surface area contributed by atoms with Gasteiger partial charge in [0.2, 0.25) is 9.84 Å². The zero-order chi connectivity index (χ0) is 19.9. The molecule has 2 aromatic carbocycles. The number of pyridine rings is 1. The molecule has 2 heterocycles. The molecule has 1 aliphatic rings.